The molecule has 10 aromatic rings. The number of hydrogen-bond acceptors (Lipinski definition) is 3. The predicted octanol–water partition coefficient (Wildman–Crippen LogP) is 11.9. The molecule has 8 aromatic carbocycles. The lowest BCUT2D eigenvalue weighted by Crippen LogP contribution is -2.56. The summed E-state index contributed by atoms with van der Waals surface area (Å²) >= 11 is 0. The number of aromatic nitrogens is 2. The first-order valence-corrected chi connectivity index (χ1v) is 19.4. The van der Waals surface area contributed by atoms with Crippen LogP contribution in [-0.4, -0.2) is 9.13 Å². The van der Waals surface area contributed by atoms with Gasteiger partial charge in [-0.2, -0.15) is 0 Å². The van der Waals surface area contributed by atoms with E-state index >= 15 is 0 Å². The first-order chi connectivity index (χ1) is 27.8. The van der Waals surface area contributed by atoms with E-state index in [9.17, 15) is 0 Å². The maximum atomic E-state index is 3.91. The third-order valence-corrected chi connectivity index (χ3v) is 11.4. The Kier molecular flexibility index (Phi) is 7.88. The molecule has 0 radical (unpaired) electrons. The number of para-hydroxylation sites is 3. The highest BCUT2D eigenvalue weighted by Gasteiger charge is 2.31. The molecule has 2 unspecified atom stereocenters. The average Bonchev–Trinajstić information content (AvgIpc) is 3.80. The molecule has 1 aliphatic heterocycles. The van der Waals surface area contributed by atoms with Crippen LogP contribution in [-0.2, 0) is 0 Å². The Morgan fingerprint density at radius 2 is 0.911 bits per heavy atom. The zero-order valence-corrected chi connectivity index (χ0v) is 30.7. The molecule has 1 aliphatic rings. The van der Waals surface area contributed by atoms with E-state index in [1.165, 1.54) is 77.0 Å². The normalized spacial score (nSPS) is 17.2. The number of hydrogen-bond donors (Lipinski definition) is 3. The van der Waals surface area contributed by atoms with Gasteiger partial charge in [0.15, 0.2) is 0 Å². The lowest BCUT2D eigenvalue weighted by atomic mass is 9.95. The van der Waals surface area contributed by atoms with Gasteiger partial charge in [0.25, 0.3) is 0 Å². The van der Waals surface area contributed by atoms with Crippen LogP contribution in [0.5, 0.6) is 0 Å². The molecule has 3 N–H and O–H groups in total. The molecule has 2 aromatic heterocycles. The molecule has 0 aliphatic carbocycles. The quantitative estimate of drug-likeness (QED) is 0.160. The molecule has 5 nitrogen and oxygen atoms in total. The van der Waals surface area contributed by atoms with Gasteiger partial charge >= 0.3 is 0 Å². The fourth-order valence-corrected chi connectivity index (χ4v) is 8.89. The summed E-state index contributed by atoms with van der Waals surface area (Å²) in [6, 6.07) is 72.2. The average molecular weight is 722 g/mol. The minimum Gasteiger partial charge on any atom is -0.311 e. The van der Waals surface area contributed by atoms with E-state index in [-0.39, 0.29) is 18.6 Å². The van der Waals surface area contributed by atoms with Crippen molar-refractivity contribution in [3.8, 4) is 27.9 Å². The van der Waals surface area contributed by atoms with Crippen molar-refractivity contribution in [2.75, 3.05) is 0 Å². The summed E-state index contributed by atoms with van der Waals surface area (Å²) in [6.45, 7) is 0. The third kappa shape index (κ3) is 5.44. The minimum atomic E-state index is -0.179. The highest BCUT2D eigenvalue weighted by molar-refractivity contribution is 6.16. The maximum absolute atomic E-state index is 3.91. The van der Waals surface area contributed by atoms with Crippen LogP contribution < -0.4 is 16.0 Å². The number of rotatable bonds is 6. The van der Waals surface area contributed by atoms with Gasteiger partial charge in [0.1, 0.15) is 6.29 Å². The van der Waals surface area contributed by atoms with Crippen molar-refractivity contribution in [1.29, 1.82) is 0 Å². The van der Waals surface area contributed by atoms with E-state index in [0.717, 1.165) is 5.69 Å². The predicted molar refractivity (Wildman–Crippen MR) is 231 cm³/mol. The third-order valence-electron chi connectivity index (χ3n) is 11.4. The number of nitrogens with one attached hydrogen (secondary N) is 3. The molecular weight excluding hydrogens is 683 g/mol. The Hall–Kier alpha value is -6.76. The largest absolute Gasteiger partial charge is 0.311 e. The van der Waals surface area contributed by atoms with Gasteiger partial charge in [-0.05, 0) is 81.9 Å². The Morgan fingerprint density at radius 1 is 0.357 bits per heavy atom. The second-order valence-corrected chi connectivity index (χ2v) is 14.7. The second kappa shape index (κ2) is 13.5. The number of nitrogens with zero attached hydrogens (tertiary/aromatic N) is 2. The smallest absolute Gasteiger partial charge is 0.142 e. The van der Waals surface area contributed by atoms with Gasteiger partial charge in [0.2, 0.25) is 0 Å². The highest BCUT2D eigenvalue weighted by Crippen LogP contribution is 2.41. The summed E-state index contributed by atoms with van der Waals surface area (Å²) in [4.78, 5) is 0. The highest BCUT2D eigenvalue weighted by atomic mass is 15.4. The molecule has 11 rings (SSSR count). The Labute approximate surface area is 325 Å². The molecule has 2 atom stereocenters. The van der Waals surface area contributed by atoms with Crippen molar-refractivity contribution >= 4 is 43.6 Å². The molecule has 0 bridgehead atoms. The summed E-state index contributed by atoms with van der Waals surface area (Å²) in [5.41, 5.74) is 13.2. The first kappa shape index (κ1) is 32.7. The molecule has 0 saturated carbocycles. The van der Waals surface area contributed by atoms with E-state index in [4.69, 9.17) is 0 Å². The van der Waals surface area contributed by atoms with Gasteiger partial charge in [0, 0.05) is 27.2 Å². The van der Waals surface area contributed by atoms with Crippen LogP contribution in [0.15, 0.2) is 200 Å². The zero-order chi connectivity index (χ0) is 37.0. The van der Waals surface area contributed by atoms with Crippen LogP contribution >= 0.6 is 0 Å². The van der Waals surface area contributed by atoms with Gasteiger partial charge in [-0.3, -0.25) is 16.0 Å². The molecule has 1 saturated heterocycles. The molecule has 0 amide bonds. The molecular formula is C51H39N5. The monoisotopic (exact) mass is 721 g/mol. The van der Waals surface area contributed by atoms with Crippen LogP contribution in [0.2, 0.25) is 0 Å². The molecule has 268 valence electrons. The summed E-state index contributed by atoms with van der Waals surface area (Å²) < 4.78 is 4.82. The van der Waals surface area contributed by atoms with Crippen molar-refractivity contribution in [3.63, 3.8) is 0 Å². The zero-order valence-electron chi connectivity index (χ0n) is 30.7. The topological polar surface area (TPSA) is 46.0 Å². The molecule has 1 fully saturated rings. The fraction of sp³-hybridized carbons (Fsp3) is 0.0588. The SMILES string of the molecule is c1ccc(C2NC(c3ccccc3)NC(n3c4ccccc4c4cc(-c5cccc(-c6cccc7c6c6ccccc6n7-c6ccccc6)c5)ccc43)N2)cc1. The number of fused-ring (bicyclic) bond motifs is 6. The molecule has 0 spiro atoms. The van der Waals surface area contributed by atoms with E-state index < -0.39 is 0 Å². The maximum Gasteiger partial charge on any atom is 0.142 e. The summed E-state index contributed by atoms with van der Waals surface area (Å²) in [5.74, 6) is 0. The lowest BCUT2D eigenvalue weighted by molar-refractivity contribution is 0.161. The van der Waals surface area contributed by atoms with E-state index in [2.05, 4.69) is 225 Å². The molecule has 3 heterocycles. The standard InChI is InChI=1S/C51H39N5/c1-4-16-34(17-5-1)49-52-50(35-18-6-2-7-19-35)54-51(53-49)56-44-27-12-10-24-41(44)43-33-37(30-31-46(43)56)36-20-14-21-38(32-36)40-26-15-29-47-48(40)42-25-11-13-28-45(42)55(47)39-22-8-3-9-23-39/h1-33,49-54H. The van der Waals surface area contributed by atoms with Crippen LogP contribution in [0.3, 0.4) is 0 Å². The van der Waals surface area contributed by atoms with Gasteiger partial charge in [-0.1, -0.05) is 152 Å². The van der Waals surface area contributed by atoms with E-state index in [0.29, 0.717) is 0 Å². The minimum absolute atomic E-state index is 0.0583. The Morgan fingerprint density at radius 3 is 1.64 bits per heavy atom. The van der Waals surface area contributed by atoms with Gasteiger partial charge in [-0.15, -0.1) is 0 Å². The lowest BCUT2D eigenvalue weighted by Gasteiger charge is -2.40. The van der Waals surface area contributed by atoms with Crippen molar-refractivity contribution in [2.45, 2.75) is 18.6 Å². The van der Waals surface area contributed by atoms with Gasteiger partial charge < -0.3 is 9.13 Å². The van der Waals surface area contributed by atoms with Crippen LogP contribution in [0.4, 0.5) is 0 Å². The Balaban J connectivity index is 1.02. The van der Waals surface area contributed by atoms with Crippen molar-refractivity contribution in [3.05, 3.63) is 211 Å². The van der Waals surface area contributed by atoms with Crippen LogP contribution in [0.1, 0.15) is 29.7 Å². The Bertz CT molecular complexity index is 2970. The fourth-order valence-electron chi connectivity index (χ4n) is 8.89. The summed E-state index contributed by atoms with van der Waals surface area (Å²) in [6.07, 6.45) is -0.296. The molecule has 56 heavy (non-hydrogen) atoms. The van der Waals surface area contributed by atoms with Crippen LogP contribution in [0.25, 0.3) is 71.6 Å². The van der Waals surface area contributed by atoms with Gasteiger partial charge in [-0.25, -0.2) is 0 Å². The second-order valence-electron chi connectivity index (χ2n) is 14.7. The van der Waals surface area contributed by atoms with Crippen molar-refractivity contribution in [2.24, 2.45) is 0 Å². The van der Waals surface area contributed by atoms with E-state index in [1.807, 2.05) is 0 Å². The van der Waals surface area contributed by atoms with E-state index in [1.54, 1.807) is 0 Å². The van der Waals surface area contributed by atoms with Gasteiger partial charge in [0.05, 0.1) is 34.4 Å². The summed E-state index contributed by atoms with van der Waals surface area (Å²) in [7, 11) is 0. The summed E-state index contributed by atoms with van der Waals surface area (Å²) in [5, 5.41) is 16.6. The number of benzene rings is 8. The van der Waals surface area contributed by atoms with Crippen LogP contribution in [0, 0.1) is 0 Å². The van der Waals surface area contributed by atoms with Crippen molar-refractivity contribution in [1.82, 2.24) is 25.1 Å². The first-order valence-electron chi connectivity index (χ1n) is 19.4. The molecule has 5 heteroatoms. The van der Waals surface area contributed by atoms with Crippen molar-refractivity contribution < 1.29 is 0 Å².